The molecule has 6 heteroatoms. The van der Waals surface area contributed by atoms with Gasteiger partial charge in [-0.05, 0) is 38.8 Å². The van der Waals surface area contributed by atoms with Crippen molar-refractivity contribution in [3.8, 4) is 0 Å². The fraction of sp³-hybridized carbons (Fsp3) is 0.471. The van der Waals surface area contributed by atoms with Crippen LogP contribution >= 0.6 is 0 Å². The van der Waals surface area contributed by atoms with Crippen LogP contribution in [0.1, 0.15) is 35.9 Å². The summed E-state index contributed by atoms with van der Waals surface area (Å²) in [5.74, 6) is 1.62. The summed E-state index contributed by atoms with van der Waals surface area (Å²) < 4.78 is 7.17. The molecule has 2 aromatic heterocycles. The number of anilines is 1. The predicted octanol–water partition coefficient (Wildman–Crippen LogP) is 2.43. The molecule has 1 aliphatic rings. The largest absolute Gasteiger partial charge is 0.462 e. The Morgan fingerprint density at radius 2 is 2.26 bits per heavy atom. The summed E-state index contributed by atoms with van der Waals surface area (Å²) in [7, 11) is 0. The number of esters is 1. The first-order valence-electron chi connectivity index (χ1n) is 8.06. The lowest BCUT2D eigenvalue weighted by atomic mass is 10.2. The SMILES string of the molecule is CCOC(=O)c1ccc(N2CCC[C@@H]2Cn2ccnc2C)nc1. The van der Waals surface area contributed by atoms with Crippen LogP contribution in [0.2, 0.25) is 0 Å². The fourth-order valence-corrected chi connectivity index (χ4v) is 3.04. The van der Waals surface area contributed by atoms with E-state index in [4.69, 9.17) is 4.74 Å². The topological polar surface area (TPSA) is 60.2 Å². The Morgan fingerprint density at radius 1 is 1.39 bits per heavy atom. The average Bonchev–Trinajstić information content (AvgIpc) is 3.18. The Hall–Kier alpha value is -2.37. The van der Waals surface area contributed by atoms with Crippen LogP contribution in [0.5, 0.6) is 0 Å². The van der Waals surface area contributed by atoms with Crippen molar-refractivity contribution in [1.82, 2.24) is 14.5 Å². The number of carbonyl (C=O) groups excluding carboxylic acids is 1. The van der Waals surface area contributed by atoms with Crippen molar-refractivity contribution in [1.29, 1.82) is 0 Å². The molecule has 0 spiro atoms. The van der Waals surface area contributed by atoms with Crippen molar-refractivity contribution in [2.75, 3.05) is 18.1 Å². The Bertz CT molecular complexity index is 665. The summed E-state index contributed by atoms with van der Waals surface area (Å²) in [4.78, 5) is 22.8. The van der Waals surface area contributed by atoms with E-state index in [-0.39, 0.29) is 5.97 Å². The molecule has 1 aliphatic heterocycles. The number of hydrogen-bond acceptors (Lipinski definition) is 5. The Labute approximate surface area is 136 Å². The van der Waals surface area contributed by atoms with Crippen molar-refractivity contribution < 1.29 is 9.53 Å². The number of aryl methyl sites for hydroxylation is 1. The Balaban J connectivity index is 1.72. The molecule has 2 aromatic rings. The lowest BCUT2D eigenvalue weighted by molar-refractivity contribution is 0.0526. The van der Waals surface area contributed by atoms with E-state index in [2.05, 4.69) is 19.4 Å². The lowest BCUT2D eigenvalue weighted by Gasteiger charge is -2.26. The third-order valence-corrected chi connectivity index (χ3v) is 4.26. The van der Waals surface area contributed by atoms with E-state index >= 15 is 0 Å². The molecule has 0 aliphatic carbocycles. The molecule has 0 unspecified atom stereocenters. The van der Waals surface area contributed by atoms with E-state index in [1.165, 1.54) is 0 Å². The third kappa shape index (κ3) is 3.36. The second kappa shape index (κ2) is 6.81. The van der Waals surface area contributed by atoms with Crippen LogP contribution in [0, 0.1) is 6.92 Å². The van der Waals surface area contributed by atoms with E-state index in [1.54, 1.807) is 19.2 Å². The van der Waals surface area contributed by atoms with Crippen LogP contribution < -0.4 is 4.90 Å². The van der Waals surface area contributed by atoms with Gasteiger partial charge in [-0.2, -0.15) is 0 Å². The minimum absolute atomic E-state index is 0.321. The molecule has 1 atom stereocenters. The molecule has 0 amide bonds. The summed E-state index contributed by atoms with van der Waals surface area (Å²) in [5.41, 5.74) is 0.497. The van der Waals surface area contributed by atoms with Gasteiger partial charge in [0.1, 0.15) is 11.6 Å². The minimum Gasteiger partial charge on any atom is -0.462 e. The zero-order valence-corrected chi connectivity index (χ0v) is 13.6. The summed E-state index contributed by atoms with van der Waals surface area (Å²) in [6.07, 6.45) is 7.74. The molecule has 3 heterocycles. The highest BCUT2D eigenvalue weighted by atomic mass is 16.5. The second-order valence-corrected chi connectivity index (χ2v) is 5.74. The first-order valence-corrected chi connectivity index (χ1v) is 8.06. The predicted molar refractivity (Wildman–Crippen MR) is 87.5 cm³/mol. The molecule has 0 aromatic carbocycles. The van der Waals surface area contributed by atoms with E-state index in [0.717, 1.165) is 37.6 Å². The summed E-state index contributed by atoms with van der Waals surface area (Å²) in [6.45, 7) is 6.09. The van der Waals surface area contributed by atoms with Gasteiger partial charge >= 0.3 is 5.97 Å². The molecule has 0 bridgehead atoms. The number of aromatic nitrogens is 3. The minimum atomic E-state index is -0.321. The smallest absolute Gasteiger partial charge is 0.339 e. The normalized spacial score (nSPS) is 17.5. The van der Waals surface area contributed by atoms with Crippen LogP contribution in [-0.2, 0) is 11.3 Å². The maximum atomic E-state index is 11.7. The van der Waals surface area contributed by atoms with Crippen molar-refractivity contribution in [2.24, 2.45) is 0 Å². The number of carbonyl (C=O) groups is 1. The molecular formula is C17H22N4O2. The van der Waals surface area contributed by atoms with E-state index in [9.17, 15) is 4.79 Å². The standard InChI is InChI=1S/C17H22N4O2/c1-3-23-17(22)14-6-7-16(19-11-14)21-9-4-5-15(21)12-20-10-8-18-13(20)2/h6-8,10-11,15H,3-5,9,12H2,1-2H3/t15-/m1/s1. The number of nitrogens with zero attached hydrogens (tertiary/aromatic N) is 4. The molecule has 6 nitrogen and oxygen atoms in total. The monoisotopic (exact) mass is 314 g/mol. The highest BCUT2D eigenvalue weighted by molar-refractivity contribution is 5.89. The molecule has 122 valence electrons. The van der Waals surface area contributed by atoms with Gasteiger partial charge in [-0.25, -0.2) is 14.8 Å². The average molecular weight is 314 g/mol. The van der Waals surface area contributed by atoms with Crippen LogP contribution in [0.15, 0.2) is 30.7 Å². The van der Waals surface area contributed by atoms with Gasteiger partial charge in [-0.1, -0.05) is 0 Å². The summed E-state index contributed by atoms with van der Waals surface area (Å²) in [5, 5.41) is 0. The van der Waals surface area contributed by atoms with Crippen molar-refractivity contribution in [3.63, 3.8) is 0 Å². The molecule has 3 rings (SSSR count). The molecule has 0 saturated carbocycles. The van der Waals surface area contributed by atoms with Gasteiger partial charge in [0, 0.05) is 37.7 Å². The maximum Gasteiger partial charge on any atom is 0.339 e. The van der Waals surface area contributed by atoms with E-state index in [1.807, 2.05) is 25.4 Å². The molecule has 0 radical (unpaired) electrons. The molecule has 1 saturated heterocycles. The number of hydrogen-bond donors (Lipinski definition) is 0. The molecule has 1 fully saturated rings. The molecular weight excluding hydrogens is 292 g/mol. The lowest BCUT2D eigenvalue weighted by Crippen LogP contribution is -2.33. The van der Waals surface area contributed by atoms with Gasteiger partial charge in [-0.15, -0.1) is 0 Å². The number of pyridine rings is 1. The van der Waals surface area contributed by atoms with Crippen molar-refractivity contribution in [2.45, 2.75) is 39.3 Å². The maximum absolute atomic E-state index is 11.7. The van der Waals surface area contributed by atoms with Gasteiger partial charge in [-0.3, -0.25) is 0 Å². The van der Waals surface area contributed by atoms with Crippen LogP contribution in [0.25, 0.3) is 0 Å². The van der Waals surface area contributed by atoms with Gasteiger partial charge in [0.05, 0.1) is 12.2 Å². The number of imidazole rings is 1. The van der Waals surface area contributed by atoms with Crippen LogP contribution in [0.3, 0.4) is 0 Å². The third-order valence-electron chi connectivity index (χ3n) is 4.26. The quantitative estimate of drug-likeness (QED) is 0.793. The van der Waals surface area contributed by atoms with Gasteiger partial charge in [0.15, 0.2) is 0 Å². The van der Waals surface area contributed by atoms with Gasteiger partial charge in [0.25, 0.3) is 0 Å². The zero-order valence-electron chi connectivity index (χ0n) is 13.6. The first kappa shape index (κ1) is 15.5. The second-order valence-electron chi connectivity index (χ2n) is 5.74. The highest BCUT2D eigenvalue weighted by Gasteiger charge is 2.26. The van der Waals surface area contributed by atoms with Gasteiger partial charge in [0.2, 0.25) is 0 Å². The number of rotatable bonds is 5. The van der Waals surface area contributed by atoms with Crippen LogP contribution in [-0.4, -0.2) is 39.7 Å². The van der Waals surface area contributed by atoms with Gasteiger partial charge < -0.3 is 14.2 Å². The van der Waals surface area contributed by atoms with Crippen molar-refractivity contribution in [3.05, 3.63) is 42.1 Å². The summed E-state index contributed by atoms with van der Waals surface area (Å²) >= 11 is 0. The zero-order chi connectivity index (χ0) is 16.2. The van der Waals surface area contributed by atoms with E-state index < -0.39 is 0 Å². The highest BCUT2D eigenvalue weighted by Crippen LogP contribution is 2.25. The fourth-order valence-electron chi connectivity index (χ4n) is 3.04. The molecule has 0 N–H and O–H groups in total. The first-order chi connectivity index (χ1) is 11.2. The van der Waals surface area contributed by atoms with E-state index in [0.29, 0.717) is 18.2 Å². The van der Waals surface area contributed by atoms with Crippen LogP contribution in [0.4, 0.5) is 5.82 Å². The summed E-state index contributed by atoms with van der Waals surface area (Å²) in [6, 6.07) is 4.10. The molecule has 23 heavy (non-hydrogen) atoms. The number of ether oxygens (including phenoxy) is 1. The Kier molecular flexibility index (Phi) is 4.60. The Morgan fingerprint density at radius 3 is 2.91 bits per heavy atom. The van der Waals surface area contributed by atoms with Crippen molar-refractivity contribution >= 4 is 11.8 Å².